The number of hydrogen-bond acceptors (Lipinski definition) is 4. The summed E-state index contributed by atoms with van der Waals surface area (Å²) in [6.07, 6.45) is 2.17. The standard InChI is InChI=1S/C8H7BrN3O5P/c9-4-1-12-2-5(7(13)14)10-8(12)11-6(4)3-18(15,16)17/h1-2H,3H2,(H,13,14)(H2,15,16,17). The van der Waals surface area contributed by atoms with Crippen LogP contribution in [0.2, 0.25) is 0 Å². The summed E-state index contributed by atoms with van der Waals surface area (Å²) in [5.74, 6) is -1.13. The Morgan fingerprint density at radius 1 is 1.39 bits per heavy atom. The van der Waals surface area contributed by atoms with E-state index < -0.39 is 19.7 Å². The fraction of sp³-hybridized carbons (Fsp3) is 0.125. The molecular weight excluding hydrogens is 329 g/mol. The van der Waals surface area contributed by atoms with Gasteiger partial charge in [0, 0.05) is 12.4 Å². The van der Waals surface area contributed by atoms with Crippen LogP contribution < -0.4 is 0 Å². The fourth-order valence-corrected chi connectivity index (χ4v) is 2.64. The first-order chi connectivity index (χ1) is 8.26. The summed E-state index contributed by atoms with van der Waals surface area (Å²) < 4.78 is 12.6. The smallest absolute Gasteiger partial charge is 0.356 e. The summed E-state index contributed by atoms with van der Waals surface area (Å²) in [5, 5.41) is 8.77. The van der Waals surface area contributed by atoms with Gasteiger partial charge in [-0.25, -0.2) is 14.8 Å². The third-order valence-corrected chi connectivity index (χ3v) is 3.42. The van der Waals surface area contributed by atoms with Gasteiger partial charge in [0.1, 0.15) is 0 Å². The second kappa shape index (κ2) is 4.43. The molecule has 8 nitrogen and oxygen atoms in total. The Labute approximate surface area is 109 Å². The van der Waals surface area contributed by atoms with E-state index in [-0.39, 0.29) is 17.2 Å². The van der Waals surface area contributed by atoms with Crippen molar-refractivity contribution in [3.8, 4) is 0 Å². The summed E-state index contributed by atoms with van der Waals surface area (Å²) in [7, 11) is -4.25. The summed E-state index contributed by atoms with van der Waals surface area (Å²) in [4.78, 5) is 36.1. The maximum absolute atomic E-state index is 10.9. The average molecular weight is 336 g/mol. The molecule has 0 aromatic carbocycles. The Morgan fingerprint density at radius 2 is 2.06 bits per heavy atom. The molecule has 0 amide bonds. The number of hydrogen-bond donors (Lipinski definition) is 3. The molecule has 0 fully saturated rings. The highest BCUT2D eigenvalue weighted by Crippen LogP contribution is 2.40. The van der Waals surface area contributed by atoms with Gasteiger partial charge in [0.15, 0.2) is 5.69 Å². The lowest BCUT2D eigenvalue weighted by atomic mass is 10.4. The van der Waals surface area contributed by atoms with Crippen LogP contribution in [-0.2, 0) is 10.7 Å². The van der Waals surface area contributed by atoms with Crippen molar-refractivity contribution in [3.05, 3.63) is 28.3 Å². The Balaban J connectivity index is 2.54. The molecule has 0 spiro atoms. The Bertz CT molecular complexity index is 679. The van der Waals surface area contributed by atoms with E-state index in [4.69, 9.17) is 14.9 Å². The molecular formula is C8H7BrN3O5P. The lowest BCUT2D eigenvalue weighted by molar-refractivity contribution is 0.0691. The number of fused-ring (bicyclic) bond motifs is 1. The number of nitrogens with zero attached hydrogens (tertiary/aromatic N) is 3. The van der Waals surface area contributed by atoms with Crippen molar-refractivity contribution < 1.29 is 24.3 Å². The van der Waals surface area contributed by atoms with Gasteiger partial charge in [0.05, 0.1) is 16.3 Å². The van der Waals surface area contributed by atoms with Gasteiger partial charge in [-0.3, -0.25) is 8.97 Å². The summed E-state index contributed by atoms with van der Waals surface area (Å²) in [5.41, 5.74) is -0.0684. The van der Waals surface area contributed by atoms with Crippen molar-refractivity contribution in [2.24, 2.45) is 0 Å². The topological polar surface area (TPSA) is 125 Å². The summed E-state index contributed by atoms with van der Waals surface area (Å²) in [6, 6.07) is 0. The molecule has 0 atom stereocenters. The molecule has 0 radical (unpaired) electrons. The number of imidazole rings is 1. The second-order valence-electron chi connectivity index (χ2n) is 3.50. The van der Waals surface area contributed by atoms with Gasteiger partial charge < -0.3 is 14.9 Å². The first-order valence-corrected chi connectivity index (χ1v) is 7.17. The van der Waals surface area contributed by atoms with Crippen molar-refractivity contribution in [3.63, 3.8) is 0 Å². The first-order valence-electron chi connectivity index (χ1n) is 4.58. The maximum atomic E-state index is 10.9. The average Bonchev–Trinajstić information content (AvgIpc) is 2.59. The van der Waals surface area contributed by atoms with E-state index in [0.717, 1.165) is 0 Å². The van der Waals surface area contributed by atoms with E-state index >= 15 is 0 Å². The number of carboxylic acids is 1. The molecule has 2 rings (SSSR count). The molecule has 96 valence electrons. The van der Waals surface area contributed by atoms with Crippen LogP contribution >= 0.6 is 23.5 Å². The van der Waals surface area contributed by atoms with Crippen LogP contribution in [0.3, 0.4) is 0 Å². The maximum Gasteiger partial charge on any atom is 0.356 e. The molecule has 0 aliphatic heterocycles. The number of carbonyl (C=O) groups is 1. The minimum atomic E-state index is -4.25. The molecule has 0 bridgehead atoms. The van der Waals surface area contributed by atoms with Crippen molar-refractivity contribution in [2.75, 3.05) is 0 Å². The largest absolute Gasteiger partial charge is 0.476 e. The van der Waals surface area contributed by atoms with Crippen LogP contribution in [0.5, 0.6) is 0 Å². The van der Waals surface area contributed by atoms with Gasteiger partial charge in [0.25, 0.3) is 0 Å². The predicted octanol–water partition coefficient (Wildman–Crippen LogP) is 0.868. The molecule has 3 N–H and O–H groups in total. The highest BCUT2D eigenvalue weighted by molar-refractivity contribution is 9.10. The second-order valence-corrected chi connectivity index (χ2v) is 6.00. The van der Waals surface area contributed by atoms with Crippen LogP contribution in [-0.4, -0.2) is 35.2 Å². The third kappa shape index (κ3) is 2.75. The van der Waals surface area contributed by atoms with Gasteiger partial charge in [-0.2, -0.15) is 0 Å². The van der Waals surface area contributed by atoms with E-state index in [1.54, 1.807) is 0 Å². The number of carboxylic acid groups (broad SMARTS) is 1. The van der Waals surface area contributed by atoms with E-state index in [2.05, 4.69) is 25.9 Å². The van der Waals surface area contributed by atoms with Crippen LogP contribution in [0, 0.1) is 0 Å². The lowest BCUT2D eigenvalue weighted by Crippen LogP contribution is -1.97. The minimum Gasteiger partial charge on any atom is -0.476 e. The molecule has 2 aromatic rings. The fourth-order valence-electron chi connectivity index (χ4n) is 1.34. The summed E-state index contributed by atoms with van der Waals surface area (Å²) >= 11 is 3.11. The van der Waals surface area contributed by atoms with Crippen molar-refractivity contribution in [2.45, 2.75) is 6.16 Å². The van der Waals surface area contributed by atoms with Crippen molar-refractivity contribution >= 4 is 35.3 Å². The molecule has 0 saturated heterocycles. The number of rotatable bonds is 3. The van der Waals surface area contributed by atoms with Gasteiger partial charge in [-0.15, -0.1) is 0 Å². The number of halogens is 1. The van der Waals surface area contributed by atoms with Gasteiger partial charge in [0.2, 0.25) is 5.78 Å². The molecule has 0 saturated carbocycles. The van der Waals surface area contributed by atoms with Gasteiger partial charge >= 0.3 is 13.6 Å². The zero-order valence-electron chi connectivity index (χ0n) is 8.69. The molecule has 0 unspecified atom stereocenters. The van der Waals surface area contributed by atoms with Gasteiger partial charge in [-0.1, -0.05) is 0 Å². The molecule has 0 aliphatic rings. The molecule has 2 heterocycles. The predicted molar refractivity (Wildman–Crippen MR) is 63.4 cm³/mol. The Hall–Kier alpha value is -1.28. The summed E-state index contributed by atoms with van der Waals surface area (Å²) in [6.45, 7) is 0. The Kier molecular flexibility index (Phi) is 3.24. The van der Waals surface area contributed by atoms with Crippen LogP contribution in [0.4, 0.5) is 0 Å². The molecule has 10 heteroatoms. The number of aromatic nitrogens is 3. The van der Waals surface area contributed by atoms with Crippen molar-refractivity contribution in [1.29, 1.82) is 0 Å². The Morgan fingerprint density at radius 3 is 2.61 bits per heavy atom. The van der Waals surface area contributed by atoms with Gasteiger partial charge in [-0.05, 0) is 15.9 Å². The zero-order chi connectivity index (χ0) is 13.5. The van der Waals surface area contributed by atoms with E-state index in [1.807, 2.05) is 0 Å². The normalized spacial score (nSPS) is 11.9. The lowest BCUT2D eigenvalue weighted by Gasteiger charge is -2.05. The first kappa shape index (κ1) is 13.2. The minimum absolute atomic E-state index is 0.0686. The molecule has 0 aliphatic carbocycles. The molecule has 18 heavy (non-hydrogen) atoms. The highest BCUT2D eigenvalue weighted by Gasteiger charge is 2.19. The van der Waals surface area contributed by atoms with E-state index in [1.165, 1.54) is 16.8 Å². The van der Waals surface area contributed by atoms with Crippen LogP contribution in [0.1, 0.15) is 16.2 Å². The quantitative estimate of drug-likeness (QED) is 0.710. The van der Waals surface area contributed by atoms with Crippen LogP contribution in [0.15, 0.2) is 16.9 Å². The monoisotopic (exact) mass is 335 g/mol. The highest BCUT2D eigenvalue weighted by atomic mass is 79.9. The van der Waals surface area contributed by atoms with E-state index in [0.29, 0.717) is 4.47 Å². The van der Waals surface area contributed by atoms with Crippen molar-refractivity contribution in [1.82, 2.24) is 14.4 Å². The number of aromatic carboxylic acids is 1. The van der Waals surface area contributed by atoms with Crippen LogP contribution in [0.25, 0.3) is 5.78 Å². The third-order valence-electron chi connectivity index (χ3n) is 2.05. The SMILES string of the molecule is O=C(O)c1cn2cc(Br)c(CP(=O)(O)O)nc2n1. The van der Waals surface area contributed by atoms with E-state index in [9.17, 15) is 9.36 Å². The molecule has 2 aromatic heterocycles. The zero-order valence-corrected chi connectivity index (χ0v) is 11.2.